The minimum Gasteiger partial charge on any atom is -0.465 e. The zero-order valence-corrected chi connectivity index (χ0v) is 10.4. The number of nitrogens with two attached hydrogens (primary N) is 1. The predicted molar refractivity (Wildman–Crippen MR) is 60.7 cm³/mol. The Morgan fingerprint density at radius 3 is 3.13 bits per heavy atom. The third kappa shape index (κ3) is 3.08. The Balaban J connectivity index is 2.99. The van der Waals surface area contributed by atoms with Gasteiger partial charge in [-0.15, -0.1) is 0 Å². The first-order valence-corrected chi connectivity index (χ1v) is 5.43. The molecule has 1 atom stereocenters. The second-order valence-electron chi connectivity index (χ2n) is 2.68. The highest BCUT2D eigenvalue weighted by atomic mass is 79.9. The highest BCUT2D eigenvalue weighted by Crippen LogP contribution is 2.19. The Morgan fingerprint density at radius 1 is 1.87 bits per heavy atom. The van der Waals surface area contributed by atoms with Gasteiger partial charge in [0.05, 0.1) is 16.8 Å². The van der Waals surface area contributed by atoms with Crippen LogP contribution in [-0.2, 0) is 9.53 Å². The number of aromatic nitrogens is 2. The lowest BCUT2D eigenvalue weighted by atomic mass is 10.2. The fraction of sp³-hybridized carbons (Fsp3) is 0.375. The van der Waals surface area contributed by atoms with E-state index in [9.17, 15) is 4.79 Å². The second-order valence-corrected chi connectivity index (χ2v) is 3.92. The third-order valence-electron chi connectivity index (χ3n) is 1.65. The highest BCUT2D eigenvalue weighted by Gasteiger charge is 2.20. The molecule has 5 nitrogen and oxygen atoms in total. The molecule has 7 heteroatoms. The minimum atomic E-state index is -0.885. The van der Waals surface area contributed by atoms with Crippen molar-refractivity contribution in [2.24, 2.45) is 5.73 Å². The van der Waals surface area contributed by atoms with Gasteiger partial charge in [-0.2, -0.15) is 0 Å². The van der Waals surface area contributed by atoms with E-state index in [2.05, 4.69) is 25.9 Å². The standard InChI is InChI=1S/C8H10BrN3O2S/c1-2-14-7(13)5(10)6-4(9)3-11-8(15)12-6/h3,5H,2,10H2,1H3,(H,11,12,15). The molecule has 15 heavy (non-hydrogen) atoms. The lowest BCUT2D eigenvalue weighted by Crippen LogP contribution is -2.25. The van der Waals surface area contributed by atoms with Crippen molar-refractivity contribution in [3.8, 4) is 0 Å². The molecule has 1 heterocycles. The molecule has 1 aromatic rings. The quantitative estimate of drug-likeness (QED) is 0.651. The number of carbonyl (C=O) groups is 1. The number of hydrogen-bond donors (Lipinski definition) is 2. The molecule has 0 saturated heterocycles. The molecule has 0 aromatic carbocycles. The van der Waals surface area contributed by atoms with Crippen LogP contribution in [0.25, 0.3) is 0 Å². The van der Waals surface area contributed by atoms with Gasteiger partial charge >= 0.3 is 5.97 Å². The Labute approximate surface area is 100 Å². The predicted octanol–water partition coefficient (Wildman–Crippen LogP) is 1.46. The molecule has 0 radical (unpaired) electrons. The Bertz CT molecular complexity index is 421. The molecule has 3 N–H and O–H groups in total. The summed E-state index contributed by atoms with van der Waals surface area (Å²) in [6.07, 6.45) is 1.49. The molecular formula is C8H10BrN3O2S. The number of nitrogens with one attached hydrogen (secondary N) is 1. The van der Waals surface area contributed by atoms with Crippen LogP contribution < -0.4 is 5.73 Å². The molecule has 1 unspecified atom stereocenters. The van der Waals surface area contributed by atoms with E-state index in [4.69, 9.17) is 22.7 Å². The molecule has 0 amide bonds. The van der Waals surface area contributed by atoms with Gasteiger partial charge in [0.15, 0.2) is 4.77 Å². The normalized spacial score (nSPS) is 12.2. The Kier molecular flexibility index (Phi) is 4.37. The van der Waals surface area contributed by atoms with Gasteiger partial charge in [-0.05, 0) is 35.1 Å². The van der Waals surface area contributed by atoms with Crippen LogP contribution in [-0.4, -0.2) is 22.5 Å². The fourth-order valence-electron chi connectivity index (χ4n) is 0.968. The van der Waals surface area contributed by atoms with Gasteiger partial charge in [-0.1, -0.05) is 0 Å². The van der Waals surface area contributed by atoms with Crippen molar-refractivity contribution in [1.82, 2.24) is 9.97 Å². The van der Waals surface area contributed by atoms with E-state index in [0.29, 0.717) is 10.2 Å². The average molecular weight is 292 g/mol. The molecule has 1 rings (SSSR count). The van der Waals surface area contributed by atoms with Crippen molar-refractivity contribution >= 4 is 34.1 Å². The Hall–Kier alpha value is -0.790. The van der Waals surface area contributed by atoms with Crippen LogP contribution in [0.5, 0.6) is 0 Å². The SMILES string of the molecule is CCOC(=O)C(N)c1[nH]c(=S)ncc1Br. The molecule has 0 bridgehead atoms. The lowest BCUT2D eigenvalue weighted by molar-refractivity contribution is -0.144. The minimum absolute atomic E-state index is 0.271. The van der Waals surface area contributed by atoms with Gasteiger partial charge in [0.1, 0.15) is 6.04 Å². The highest BCUT2D eigenvalue weighted by molar-refractivity contribution is 9.10. The van der Waals surface area contributed by atoms with Gasteiger partial charge in [-0.3, -0.25) is 0 Å². The van der Waals surface area contributed by atoms with Crippen LogP contribution in [0.15, 0.2) is 10.7 Å². The summed E-state index contributed by atoms with van der Waals surface area (Å²) in [4.78, 5) is 17.9. The Morgan fingerprint density at radius 2 is 2.53 bits per heavy atom. The molecular weight excluding hydrogens is 282 g/mol. The summed E-state index contributed by atoms with van der Waals surface area (Å²) in [7, 11) is 0. The first-order valence-electron chi connectivity index (χ1n) is 4.23. The molecule has 0 saturated carbocycles. The number of ether oxygens (including phenoxy) is 1. The van der Waals surface area contributed by atoms with E-state index in [1.165, 1.54) is 6.20 Å². The van der Waals surface area contributed by atoms with Gasteiger partial charge in [0, 0.05) is 6.20 Å². The molecule has 0 fully saturated rings. The molecule has 0 aliphatic heterocycles. The summed E-state index contributed by atoms with van der Waals surface area (Å²) >= 11 is 8.06. The largest absolute Gasteiger partial charge is 0.465 e. The van der Waals surface area contributed by atoms with Crippen LogP contribution in [0.3, 0.4) is 0 Å². The number of hydrogen-bond acceptors (Lipinski definition) is 5. The summed E-state index contributed by atoms with van der Waals surface area (Å²) < 4.78 is 5.66. The summed E-state index contributed by atoms with van der Waals surface area (Å²) in [5.41, 5.74) is 6.15. The van der Waals surface area contributed by atoms with Crippen LogP contribution >= 0.6 is 28.1 Å². The second kappa shape index (κ2) is 5.34. The van der Waals surface area contributed by atoms with Gasteiger partial charge in [0.2, 0.25) is 0 Å². The molecule has 0 aliphatic rings. The maximum atomic E-state index is 11.4. The number of H-pyrrole nitrogens is 1. The summed E-state index contributed by atoms with van der Waals surface area (Å²) in [5, 5.41) is 0. The fourth-order valence-corrected chi connectivity index (χ4v) is 1.58. The van der Waals surface area contributed by atoms with Crippen LogP contribution in [0, 0.1) is 4.77 Å². The zero-order valence-electron chi connectivity index (χ0n) is 7.99. The molecule has 1 aromatic heterocycles. The molecule has 0 aliphatic carbocycles. The van der Waals surface area contributed by atoms with Crippen molar-refractivity contribution < 1.29 is 9.53 Å². The van der Waals surface area contributed by atoms with E-state index in [0.717, 1.165) is 0 Å². The van der Waals surface area contributed by atoms with E-state index in [1.807, 2.05) is 0 Å². The third-order valence-corrected chi connectivity index (χ3v) is 2.48. The van der Waals surface area contributed by atoms with Gasteiger partial charge < -0.3 is 15.5 Å². The van der Waals surface area contributed by atoms with Crippen molar-refractivity contribution in [2.45, 2.75) is 13.0 Å². The van der Waals surface area contributed by atoms with Crippen molar-refractivity contribution in [3.63, 3.8) is 0 Å². The first kappa shape index (κ1) is 12.3. The topological polar surface area (TPSA) is 81.0 Å². The molecule has 0 spiro atoms. The summed E-state index contributed by atoms with van der Waals surface area (Å²) in [5.74, 6) is -0.505. The van der Waals surface area contributed by atoms with Crippen LogP contribution in [0.4, 0.5) is 0 Å². The first-order chi connectivity index (χ1) is 7.06. The van der Waals surface area contributed by atoms with E-state index in [-0.39, 0.29) is 11.4 Å². The zero-order chi connectivity index (χ0) is 11.4. The number of rotatable bonds is 3. The maximum Gasteiger partial charge on any atom is 0.329 e. The van der Waals surface area contributed by atoms with Crippen molar-refractivity contribution in [2.75, 3.05) is 6.61 Å². The van der Waals surface area contributed by atoms with Gasteiger partial charge in [-0.25, -0.2) is 9.78 Å². The maximum absolute atomic E-state index is 11.4. The number of nitrogens with zero attached hydrogens (tertiary/aromatic N) is 1. The van der Waals surface area contributed by atoms with E-state index >= 15 is 0 Å². The van der Waals surface area contributed by atoms with Crippen LogP contribution in [0.2, 0.25) is 0 Å². The average Bonchev–Trinajstić information content (AvgIpc) is 2.21. The summed E-state index contributed by atoms with van der Waals surface area (Å²) in [6.45, 7) is 2.00. The lowest BCUT2D eigenvalue weighted by Gasteiger charge is -2.11. The summed E-state index contributed by atoms with van der Waals surface area (Å²) in [6, 6.07) is -0.885. The van der Waals surface area contributed by atoms with E-state index < -0.39 is 12.0 Å². The van der Waals surface area contributed by atoms with Crippen molar-refractivity contribution in [1.29, 1.82) is 0 Å². The van der Waals surface area contributed by atoms with Crippen molar-refractivity contribution in [3.05, 3.63) is 21.1 Å². The van der Waals surface area contributed by atoms with Crippen LogP contribution in [0.1, 0.15) is 18.7 Å². The number of esters is 1. The molecule has 82 valence electrons. The number of carbonyl (C=O) groups excluding carboxylic acids is 1. The van der Waals surface area contributed by atoms with E-state index in [1.54, 1.807) is 6.92 Å². The smallest absolute Gasteiger partial charge is 0.329 e. The number of halogens is 1. The van der Waals surface area contributed by atoms with Gasteiger partial charge in [0.25, 0.3) is 0 Å². The monoisotopic (exact) mass is 291 g/mol. The number of aromatic amines is 1.